The number of Topliss-reactive ketones (excluding diaryl/α,β-unsaturated/α-hetero) is 1. The third kappa shape index (κ3) is 3.30. The third-order valence-corrected chi connectivity index (χ3v) is 4.31. The van der Waals surface area contributed by atoms with Crippen molar-refractivity contribution >= 4 is 29.0 Å². The number of nitrogens with one attached hydrogen (secondary N) is 1. The van der Waals surface area contributed by atoms with Crippen LogP contribution in [0.2, 0.25) is 5.02 Å². The minimum Gasteiger partial charge on any atom is -0.486 e. The first-order chi connectivity index (χ1) is 11.9. The highest BCUT2D eigenvalue weighted by molar-refractivity contribution is 6.35. The number of halogens is 2. The van der Waals surface area contributed by atoms with Crippen LogP contribution in [0.15, 0.2) is 24.3 Å². The van der Waals surface area contributed by atoms with Crippen LogP contribution in [0, 0.1) is 12.7 Å². The van der Waals surface area contributed by atoms with Gasteiger partial charge in [0.1, 0.15) is 19.0 Å². The number of amides is 1. The molecule has 130 valence electrons. The summed E-state index contributed by atoms with van der Waals surface area (Å²) >= 11 is 6.06. The lowest BCUT2D eigenvalue weighted by Gasteiger charge is -2.21. The zero-order valence-electron chi connectivity index (χ0n) is 13.6. The van der Waals surface area contributed by atoms with Crippen molar-refractivity contribution < 1.29 is 23.5 Å². The van der Waals surface area contributed by atoms with Crippen molar-refractivity contribution in [3.05, 3.63) is 51.8 Å². The van der Waals surface area contributed by atoms with Crippen molar-refractivity contribution in [1.29, 1.82) is 0 Å². The van der Waals surface area contributed by atoms with Crippen molar-refractivity contribution in [3.8, 4) is 11.5 Å². The molecule has 0 aromatic heterocycles. The highest BCUT2D eigenvalue weighted by atomic mass is 35.5. The molecule has 0 bridgehead atoms. The molecule has 1 N–H and O–H groups in total. The summed E-state index contributed by atoms with van der Waals surface area (Å²) in [4.78, 5) is 24.4. The molecule has 0 atom stereocenters. The van der Waals surface area contributed by atoms with E-state index >= 15 is 0 Å². The minimum atomic E-state index is -0.745. The molecule has 0 aliphatic carbocycles. The number of fused-ring (bicyclic) bond motifs is 1. The molecule has 0 radical (unpaired) electrons. The molecule has 1 amide bonds. The first-order valence-electron chi connectivity index (χ1n) is 7.59. The number of rotatable bonds is 3. The Hall–Kier alpha value is -2.60. The second-order valence-electron chi connectivity index (χ2n) is 5.61. The molecule has 1 aliphatic rings. The Morgan fingerprint density at radius 2 is 1.80 bits per heavy atom. The van der Waals surface area contributed by atoms with Crippen LogP contribution in [0.25, 0.3) is 0 Å². The average Bonchev–Trinajstić information content (AvgIpc) is 2.57. The molecule has 0 spiro atoms. The third-order valence-electron chi connectivity index (χ3n) is 3.82. The SMILES string of the molecule is CC(=O)c1cc2c(cc1NC(=O)c1c(F)ccc(C)c1Cl)OCCO2. The molecule has 7 heteroatoms. The van der Waals surface area contributed by atoms with Gasteiger partial charge in [-0.05, 0) is 31.5 Å². The van der Waals surface area contributed by atoms with E-state index in [1.807, 2.05) is 0 Å². The van der Waals surface area contributed by atoms with Crippen LogP contribution >= 0.6 is 11.6 Å². The van der Waals surface area contributed by atoms with Crippen LogP contribution < -0.4 is 14.8 Å². The van der Waals surface area contributed by atoms with E-state index in [1.54, 1.807) is 6.92 Å². The van der Waals surface area contributed by atoms with Crippen molar-refractivity contribution in [2.45, 2.75) is 13.8 Å². The second-order valence-corrected chi connectivity index (χ2v) is 5.98. The van der Waals surface area contributed by atoms with E-state index in [4.69, 9.17) is 21.1 Å². The fourth-order valence-electron chi connectivity index (χ4n) is 2.53. The van der Waals surface area contributed by atoms with Gasteiger partial charge >= 0.3 is 0 Å². The highest BCUT2D eigenvalue weighted by Crippen LogP contribution is 2.36. The lowest BCUT2D eigenvalue weighted by Crippen LogP contribution is -2.19. The zero-order chi connectivity index (χ0) is 18.1. The molecule has 2 aromatic rings. The molecular weight excluding hydrogens is 349 g/mol. The maximum absolute atomic E-state index is 14.1. The van der Waals surface area contributed by atoms with E-state index in [9.17, 15) is 14.0 Å². The van der Waals surface area contributed by atoms with Gasteiger partial charge in [0.15, 0.2) is 17.3 Å². The monoisotopic (exact) mass is 363 g/mol. The van der Waals surface area contributed by atoms with Gasteiger partial charge in [-0.15, -0.1) is 0 Å². The van der Waals surface area contributed by atoms with Gasteiger partial charge in [-0.25, -0.2) is 4.39 Å². The van der Waals surface area contributed by atoms with Crippen LogP contribution in [-0.2, 0) is 0 Å². The first-order valence-corrected chi connectivity index (χ1v) is 7.97. The number of hydrogen-bond donors (Lipinski definition) is 1. The van der Waals surface area contributed by atoms with E-state index in [-0.39, 0.29) is 27.6 Å². The normalized spacial score (nSPS) is 12.6. The molecule has 1 aliphatic heterocycles. The van der Waals surface area contributed by atoms with Crippen molar-refractivity contribution in [2.75, 3.05) is 18.5 Å². The van der Waals surface area contributed by atoms with E-state index in [1.165, 1.54) is 31.2 Å². The Kier molecular flexibility index (Phi) is 4.63. The number of aryl methyl sites for hydroxylation is 1. The molecule has 5 nitrogen and oxygen atoms in total. The van der Waals surface area contributed by atoms with Gasteiger partial charge in [0.25, 0.3) is 5.91 Å². The predicted molar refractivity (Wildman–Crippen MR) is 91.5 cm³/mol. The van der Waals surface area contributed by atoms with Crippen molar-refractivity contribution in [2.24, 2.45) is 0 Å². The molecule has 1 heterocycles. The molecule has 0 saturated carbocycles. The molecular formula is C18H15ClFNO4. The van der Waals surface area contributed by atoms with Gasteiger partial charge in [0.2, 0.25) is 0 Å². The number of benzene rings is 2. The van der Waals surface area contributed by atoms with Gasteiger partial charge in [-0.1, -0.05) is 17.7 Å². The number of hydrogen-bond acceptors (Lipinski definition) is 4. The van der Waals surface area contributed by atoms with Gasteiger partial charge in [-0.2, -0.15) is 0 Å². The topological polar surface area (TPSA) is 64.6 Å². The Bertz CT molecular complexity index is 882. The van der Waals surface area contributed by atoms with Gasteiger partial charge in [-0.3, -0.25) is 9.59 Å². The summed E-state index contributed by atoms with van der Waals surface area (Å²) in [6, 6.07) is 5.65. The molecule has 0 unspecified atom stereocenters. The Morgan fingerprint density at radius 1 is 1.16 bits per heavy atom. The summed E-state index contributed by atoms with van der Waals surface area (Å²) in [6.07, 6.45) is 0. The fourth-order valence-corrected chi connectivity index (χ4v) is 2.77. The number of anilines is 1. The average molecular weight is 364 g/mol. The van der Waals surface area contributed by atoms with E-state index < -0.39 is 11.7 Å². The summed E-state index contributed by atoms with van der Waals surface area (Å²) in [5.41, 5.74) is 0.744. The maximum atomic E-state index is 14.1. The van der Waals surface area contributed by atoms with Gasteiger partial charge in [0.05, 0.1) is 16.3 Å². The fraction of sp³-hybridized carbons (Fsp3) is 0.222. The van der Waals surface area contributed by atoms with Crippen LogP contribution in [0.4, 0.5) is 10.1 Å². The molecule has 3 rings (SSSR count). The minimum absolute atomic E-state index is 0.0272. The molecule has 0 saturated heterocycles. The maximum Gasteiger partial charge on any atom is 0.260 e. The number of carbonyl (C=O) groups excluding carboxylic acids is 2. The second kappa shape index (κ2) is 6.72. The van der Waals surface area contributed by atoms with Crippen LogP contribution in [0.1, 0.15) is 33.2 Å². The standard InChI is InChI=1S/C18H15ClFNO4/c1-9-3-4-12(20)16(17(9)19)18(23)21-13-8-15-14(24-5-6-25-15)7-11(13)10(2)22/h3-4,7-8H,5-6H2,1-2H3,(H,21,23). The molecule has 2 aromatic carbocycles. The van der Waals surface area contributed by atoms with Gasteiger partial charge < -0.3 is 14.8 Å². The van der Waals surface area contributed by atoms with E-state index in [0.717, 1.165) is 0 Å². The van der Waals surface area contributed by atoms with Crippen LogP contribution in [0.3, 0.4) is 0 Å². The zero-order valence-corrected chi connectivity index (χ0v) is 14.4. The smallest absolute Gasteiger partial charge is 0.260 e. The van der Waals surface area contributed by atoms with Crippen LogP contribution in [0.5, 0.6) is 11.5 Å². The van der Waals surface area contributed by atoms with E-state index in [2.05, 4.69) is 5.32 Å². The summed E-state index contributed by atoms with van der Waals surface area (Å²) in [5.74, 6) is -0.931. The number of ketones is 1. The summed E-state index contributed by atoms with van der Waals surface area (Å²) in [5, 5.41) is 2.57. The van der Waals surface area contributed by atoms with Crippen LogP contribution in [-0.4, -0.2) is 24.9 Å². The lowest BCUT2D eigenvalue weighted by atomic mass is 10.1. The largest absolute Gasteiger partial charge is 0.486 e. The predicted octanol–water partition coefficient (Wildman–Crippen LogP) is 4.01. The molecule has 25 heavy (non-hydrogen) atoms. The Morgan fingerprint density at radius 3 is 2.44 bits per heavy atom. The Labute approximate surface area is 148 Å². The highest BCUT2D eigenvalue weighted by Gasteiger charge is 2.22. The van der Waals surface area contributed by atoms with Gasteiger partial charge in [0, 0.05) is 11.6 Å². The van der Waals surface area contributed by atoms with E-state index in [0.29, 0.717) is 30.3 Å². The summed E-state index contributed by atoms with van der Waals surface area (Å²) in [7, 11) is 0. The number of ether oxygens (including phenoxy) is 2. The quantitative estimate of drug-likeness (QED) is 0.837. The molecule has 0 fully saturated rings. The first kappa shape index (κ1) is 17.2. The Balaban J connectivity index is 2.01. The summed E-state index contributed by atoms with van der Waals surface area (Å²) in [6.45, 7) is 3.77. The summed E-state index contributed by atoms with van der Waals surface area (Å²) < 4.78 is 25.0. The number of carbonyl (C=O) groups is 2. The van der Waals surface area contributed by atoms with Crippen molar-refractivity contribution in [3.63, 3.8) is 0 Å². The van der Waals surface area contributed by atoms with Crippen molar-refractivity contribution in [1.82, 2.24) is 0 Å². The lowest BCUT2D eigenvalue weighted by molar-refractivity contribution is 0.101.